The Bertz CT molecular complexity index is 286. The summed E-state index contributed by atoms with van der Waals surface area (Å²) in [5.74, 6) is 0.881. The summed E-state index contributed by atoms with van der Waals surface area (Å²) in [7, 11) is 0. The number of carbonyl (C=O) groups excluding carboxylic acids is 1. The van der Waals surface area contributed by atoms with Crippen LogP contribution in [-0.4, -0.2) is 30.3 Å². The summed E-state index contributed by atoms with van der Waals surface area (Å²) in [6.45, 7) is 10.7. The van der Waals surface area contributed by atoms with Crippen molar-refractivity contribution in [2.45, 2.75) is 78.0 Å². The van der Waals surface area contributed by atoms with Crippen molar-refractivity contribution >= 4 is 6.09 Å². The average molecular weight is 270 g/mol. The lowest BCUT2D eigenvalue weighted by molar-refractivity contribution is 0.0507. The van der Waals surface area contributed by atoms with E-state index in [1.54, 1.807) is 0 Å². The highest BCUT2D eigenvalue weighted by molar-refractivity contribution is 5.68. The van der Waals surface area contributed by atoms with Crippen LogP contribution in [0.3, 0.4) is 0 Å². The molecular formula is C15H30N2O2. The Morgan fingerprint density at radius 3 is 2.58 bits per heavy atom. The van der Waals surface area contributed by atoms with Gasteiger partial charge in [0.15, 0.2) is 0 Å². The second kappa shape index (κ2) is 7.13. The molecule has 0 aromatic rings. The van der Waals surface area contributed by atoms with E-state index in [4.69, 9.17) is 4.74 Å². The maximum Gasteiger partial charge on any atom is 0.407 e. The fourth-order valence-corrected chi connectivity index (χ4v) is 2.53. The van der Waals surface area contributed by atoms with E-state index in [-0.39, 0.29) is 12.1 Å². The van der Waals surface area contributed by atoms with E-state index < -0.39 is 5.60 Å². The number of hydrogen-bond acceptors (Lipinski definition) is 3. The second-order valence-electron chi connectivity index (χ2n) is 6.74. The monoisotopic (exact) mass is 270 g/mol. The van der Waals surface area contributed by atoms with Crippen molar-refractivity contribution in [3.8, 4) is 0 Å². The van der Waals surface area contributed by atoms with E-state index in [2.05, 4.69) is 17.6 Å². The molecule has 0 bridgehead atoms. The van der Waals surface area contributed by atoms with Crippen molar-refractivity contribution in [1.82, 2.24) is 10.6 Å². The molecule has 1 saturated carbocycles. The molecule has 4 nitrogen and oxygen atoms in total. The first-order valence-electron chi connectivity index (χ1n) is 7.53. The second-order valence-corrected chi connectivity index (χ2v) is 6.74. The lowest BCUT2D eigenvalue weighted by Gasteiger charge is -2.23. The third-order valence-electron chi connectivity index (χ3n) is 3.59. The van der Waals surface area contributed by atoms with Gasteiger partial charge in [-0.1, -0.05) is 13.3 Å². The van der Waals surface area contributed by atoms with Crippen LogP contribution in [0.25, 0.3) is 0 Å². The van der Waals surface area contributed by atoms with Gasteiger partial charge < -0.3 is 15.4 Å². The van der Waals surface area contributed by atoms with E-state index >= 15 is 0 Å². The molecule has 1 aliphatic rings. The minimum atomic E-state index is -0.434. The first-order chi connectivity index (χ1) is 8.80. The summed E-state index contributed by atoms with van der Waals surface area (Å²) in [4.78, 5) is 11.6. The Morgan fingerprint density at radius 2 is 2.05 bits per heavy atom. The molecule has 1 aliphatic carbocycles. The smallest absolute Gasteiger partial charge is 0.407 e. The molecule has 4 heteroatoms. The SMILES string of the molecule is CCC1CCC(NCC(C)NC(=O)OC(C)(C)C)C1. The summed E-state index contributed by atoms with van der Waals surface area (Å²) in [5.41, 5.74) is -0.434. The number of rotatable bonds is 5. The third kappa shape index (κ3) is 6.81. The summed E-state index contributed by atoms with van der Waals surface area (Å²) >= 11 is 0. The number of ether oxygens (including phenoxy) is 1. The van der Waals surface area contributed by atoms with Gasteiger partial charge in [0.25, 0.3) is 0 Å². The maximum absolute atomic E-state index is 11.6. The molecule has 0 aromatic carbocycles. The van der Waals surface area contributed by atoms with E-state index in [1.165, 1.54) is 25.7 Å². The number of amides is 1. The molecule has 0 aliphatic heterocycles. The van der Waals surface area contributed by atoms with Crippen LogP contribution < -0.4 is 10.6 Å². The van der Waals surface area contributed by atoms with Crippen molar-refractivity contribution in [2.24, 2.45) is 5.92 Å². The largest absolute Gasteiger partial charge is 0.444 e. The van der Waals surface area contributed by atoms with Gasteiger partial charge in [-0.05, 0) is 52.9 Å². The predicted octanol–water partition coefficient (Wildman–Crippen LogP) is 3.07. The van der Waals surface area contributed by atoms with Gasteiger partial charge in [0.1, 0.15) is 5.60 Å². The lowest BCUT2D eigenvalue weighted by atomic mass is 10.1. The van der Waals surface area contributed by atoms with Crippen molar-refractivity contribution in [2.75, 3.05) is 6.54 Å². The van der Waals surface area contributed by atoms with Crippen molar-refractivity contribution < 1.29 is 9.53 Å². The number of nitrogens with one attached hydrogen (secondary N) is 2. The van der Waals surface area contributed by atoms with Crippen LogP contribution in [0, 0.1) is 5.92 Å². The first-order valence-corrected chi connectivity index (χ1v) is 7.53. The Morgan fingerprint density at radius 1 is 1.37 bits per heavy atom. The van der Waals surface area contributed by atoms with E-state index in [0.29, 0.717) is 6.04 Å². The van der Waals surface area contributed by atoms with Gasteiger partial charge in [0.2, 0.25) is 0 Å². The highest BCUT2D eigenvalue weighted by Crippen LogP contribution is 2.27. The Labute approximate surface area is 117 Å². The number of alkyl carbamates (subject to hydrolysis) is 1. The molecule has 3 atom stereocenters. The van der Waals surface area contributed by atoms with Gasteiger partial charge in [0, 0.05) is 18.6 Å². The van der Waals surface area contributed by atoms with Crippen molar-refractivity contribution in [1.29, 1.82) is 0 Å². The zero-order valence-corrected chi connectivity index (χ0v) is 13.1. The summed E-state index contributed by atoms with van der Waals surface area (Å²) in [6.07, 6.45) is 4.82. The van der Waals surface area contributed by atoms with Gasteiger partial charge in [0.05, 0.1) is 0 Å². The fourth-order valence-electron chi connectivity index (χ4n) is 2.53. The molecule has 1 rings (SSSR count). The molecular weight excluding hydrogens is 240 g/mol. The summed E-state index contributed by atoms with van der Waals surface area (Å²) < 4.78 is 5.24. The summed E-state index contributed by atoms with van der Waals surface area (Å²) in [6, 6.07) is 0.711. The first kappa shape index (κ1) is 16.3. The quantitative estimate of drug-likeness (QED) is 0.807. The Kier molecular flexibility index (Phi) is 6.11. The van der Waals surface area contributed by atoms with Gasteiger partial charge in [-0.15, -0.1) is 0 Å². The number of carbonyl (C=O) groups is 1. The minimum absolute atomic E-state index is 0.0931. The van der Waals surface area contributed by atoms with Crippen LogP contribution in [0.5, 0.6) is 0 Å². The molecule has 1 amide bonds. The highest BCUT2D eigenvalue weighted by Gasteiger charge is 2.23. The van der Waals surface area contributed by atoms with Gasteiger partial charge >= 0.3 is 6.09 Å². The molecule has 3 unspecified atom stereocenters. The van der Waals surface area contributed by atoms with E-state index in [0.717, 1.165) is 12.5 Å². The molecule has 1 fully saturated rings. The lowest BCUT2D eigenvalue weighted by Crippen LogP contribution is -2.44. The third-order valence-corrected chi connectivity index (χ3v) is 3.59. The van der Waals surface area contributed by atoms with Gasteiger partial charge in [-0.3, -0.25) is 0 Å². The molecule has 0 radical (unpaired) electrons. The van der Waals surface area contributed by atoms with Crippen LogP contribution in [0.4, 0.5) is 4.79 Å². The molecule has 0 aromatic heterocycles. The van der Waals surface area contributed by atoms with Crippen molar-refractivity contribution in [3.05, 3.63) is 0 Å². The maximum atomic E-state index is 11.6. The molecule has 0 spiro atoms. The molecule has 112 valence electrons. The average Bonchev–Trinajstić information content (AvgIpc) is 2.71. The standard InChI is InChI=1S/C15H30N2O2/c1-6-12-7-8-13(9-12)16-10-11(2)17-14(18)19-15(3,4)5/h11-13,16H,6-10H2,1-5H3,(H,17,18). The fraction of sp³-hybridized carbons (Fsp3) is 0.933. The van der Waals surface area contributed by atoms with Crippen molar-refractivity contribution in [3.63, 3.8) is 0 Å². The molecule has 19 heavy (non-hydrogen) atoms. The topological polar surface area (TPSA) is 50.4 Å². The zero-order chi connectivity index (χ0) is 14.5. The summed E-state index contributed by atoms with van der Waals surface area (Å²) in [5, 5.41) is 6.41. The zero-order valence-electron chi connectivity index (χ0n) is 13.1. The minimum Gasteiger partial charge on any atom is -0.444 e. The predicted molar refractivity (Wildman–Crippen MR) is 78.3 cm³/mol. The number of hydrogen-bond donors (Lipinski definition) is 2. The molecule has 2 N–H and O–H groups in total. The molecule has 0 heterocycles. The van der Waals surface area contributed by atoms with Crippen LogP contribution in [0.2, 0.25) is 0 Å². The Hall–Kier alpha value is -0.770. The highest BCUT2D eigenvalue weighted by atomic mass is 16.6. The van der Waals surface area contributed by atoms with Crippen LogP contribution in [0.1, 0.15) is 60.3 Å². The van der Waals surface area contributed by atoms with Crippen LogP contribution in [0.15, 0.2) is 0 Å². The normalized spacial score (nSPS) is 25.1. The van der Waals surface area contributed by atoms with Gasteiger partial charge in [-0.2, -0.15) is 0 Å². The van der Waals surface area contributed by atoms with Crippen LogP contribution >= 0.6 is 0 Å². The van der Waals surface area contributed by atoms with E-state index in [1.807, 2.05) is 27.7 Å². The van der Waals surface area contributed by atoms with E-state index in [9.17, 15) is 4.79 Å². The molecule has 0 saturated heterocycles. The Balaban J connectivity index is 2.18. The van der Waals surface area contributed by atoms with Crippen LogP contribution in [-0.2, 0) is 4.74 Å². The van der Waals surface area contributed by atoms with Gasteiger partial charge in [-0.25, -0.2) is 4.79 Å².